The first-order valence-corrected chi connectivity index (χ1v) is 9.15. The predicted octanol–water partition coefficient (Wildman–Crippen LogP) is 0.455. The smallest absolute Gasteiger partial charge is 0.325 e. The summed E-state index contributed by atoms with van der Waals surface area (Å²) in [7, 11) is 1.64. The molecule has 1 aromatic heterocycles. The molecule has 1 atom stereocenters. The normalized spacial score (nSPS) is 15.4. The van der Waals surface area contributed by atoms with E-state index >= 15 is 0 Å². The maximum atomic E-state index is 12.5. The summed E-state index contributed by atoms with van der Waals surface area (Å²) in [5.74, 6) is -0.974. The Labute approximate surface area is 170 Å². The number of benzene rings is 2. The summed E-state index contributed by atoms with van der Waals surface area (Å²) in [5.41, 5.74) is 5.70. The fourth-order valence-corrected chi connectivity index (χ4v) is 3.44. The topological polar surface area (TPSA) is 136 Å². The Morgan fingerprint density at radius 2 is 1.73 bits per heavy atom. The summed E-state index contributed by atoms with van der Waals surface area (Å²) in [4.78, 5) is 50.5. The number of carbonyl (C=O) groups excluding carboxylic acids is 3. The lowest BCUT2D eigenvalue weighted by Crippen LogP contribution is -2.56. The van der Waals surface area contributed by atoms with E-state index in [-0.39, 0.29) is 11.6 Å². The van der Waals surface area contributed by atoms with Crippen LogP contribution < -0.4 is 26.6 Å². The molecule has 10 heteroatoms. The van der Waals surface area contributed by atoms with Crippen molar-refractivity contribution >= 4 is 34.3 Å². The van der Waals surface area contributed by atoms with Gasteiger partial charge < -0.3 is 10.2 Å². The number of rotatable bonds is 2. The van der Waals surface area contributed by atoms with Crippen molar-refractivity contribution in [3.63, 3.8) is 0 Å². The van der Waals surface area contributed by atoms with Crippen molar-refractivity contribution in [2.75, 3.05) is 11.9 Å². The van der Waals surface area contributed by atoms with Gasteiger partial charge in [0.25, 0.3) is 11.5 Å². The van der Waals surface area contributed by atoms with Gasteiger partial charge in [0.05, 0.1) is 5.39 Å². The monoisotopic (exact) mass is 406 g/mol. The molecule has 4 N–H and O–H groups in total. The molecule has 0 saturated carbocycles. The number of para-hydroxylation sites is 1. The van der Waals surface area contributed by atoms with Crippen LogP contribution in [0, 0.1) is 0 Å². The Balaban J connectivity index is 1.42. The highest BCUT2D eigenvalue weighted by Gasteiger charge is 2.31. The highest BCUT2D eigenvalue weighted by atomic mass is 16.2. The third kappa shape index (κ3) is 3.46. The Hall–Kier alpha value is -4.21. The number of likely N-dealkylation sites (N-methyl/N-ethyl adjacent to an activating group) is 1. The van der Waals surface area contributed by atoms with Crippen molar-refractivity contribution in [3.05, 3.63) is 70.1 Å². The van der Waals surface area contributed by atoms with Crippen molar-refractivity contribution in [3.8, 4) is 0 Å². The minimum atomic E-state index is -0.770. The van der Waals surface area contributed by atoms with Crippen molar-refractivity contribution in [1.29, 1.82) is 0 Å². The maximum absolute atomic E-state index is 12.5. The van der Waals surface area contributed by atoms with Gasteiger partial charge in [0.15, 0.2) is 5.69 Å². The van der Waals surface area contributed by atoms with Crippen molar-refractivity contribution in [2.24, 2.45) is 0 Å². The number of amides is 4. The van der Waals surface area contributed by atoms with Crippen LogP contribution in [0.25, 0.3) is 10.8 Å². The second-order valence-electron chi connectivity index (χ2n) is 6.78. The molecular formula is C20H18N6O4. The van der Waals surface area contributed by atoms with E-state index in [2.05, 4.69) is 26.4 Å². The fourth-order valence-electron chi connectivity index (χ4n) is 3.44. The summed E-state index contributed by atoms with van der Waals surface area (Å²) < 4.78 is 0. The number of H-pyrrole nitrogens is 1. The first-order chi connectivity index (χ1) is 14.5. The van der Waals surface area contributed by atoms with Crippen molar-refractivity contribution in [2.45, 2.75) is 12.5 Å². The molecule has 0 fully saturated rings. The molecule has 0 radical (unpaired) electrons. The summed E-state index contributed by atoms with van der Waals surface area (Å²) in [6.45, 7) is 0. The number of hydrazine groups is 1. The lowest BCUT2D eigenvalue weighted by atomic mass is 9.98. The molecule has 0 saturated heterocycles. The Morgan fingerprint density at radius 1 is 1.03 bits per heavy atom. The minimum absolute atomic E-state index is 0.0482. The zero-order valence-electron chi connectivity index (χ0n) is 15.9. The minimum Gasteiger partial charge on any atom is -0.325 e. The number of aromatic nitrogens is 2. The Kier molecular flexibility index (Phi) is 4.88. The van der Waals surface area contributed by atoms with Gasteiger partial charge in [0.2, 0.25) is 5.91 Å². The molecule has 1 unspecified atom stereocenters. The van der Waals surface area contributed by atoms with Gasteiger partial charge in [-0.15, -0.1) is 0 Å². The molecule has 0 spiro atoms. The summed E-state index contributed by atoms with van der Waals surface area (Å²) in [5, 5.41) is 9.23. The van der Waals surface area contributed by atoms with Gasteiger partial charge in [-0.2, -0.15) is 5.10 Å². The summed E-state index contributed by atoms with van der Waals surface area (Å²) in [6.07, 6.45) is 0.340. The SMILES string of the molecule is CN1C(=O)C(NC(=O)NNC(=O)c2n[nH]c(=O)c3ccccc23)Cc2ccccc21. The van der Waals surface area contributed by atoms with Crippen molar-refractivity contribution in [1.82, 2.24) is 26.4 Å². The number of hydrogen-bond acceptors (Lipinski definition) is 5. The van der Waals surface area contributed by atoms with Gasteiger partial charge in [-0.3, -0.25) is 19.8 Å². The van der Waals surface area contributed by atoms with E-state index in [0.717, 1.165) is 11.3 Å². The second-order valence-corrected chi connectivity index (χ2v) is 6.78. The maximum Gasteiger partial charge on any atom is 0.334 e. The van der Waals surface area contributed by atoms with Crippen LogP contribution in [0.2, 0.25) is 0 Å². The van der Waals surface area contributed by atoms with E-state index < -0.39 is 23.5 Å². The van der Waals surface area contributed by atoms with Gasteiger partial charge in [-0.25, -0.2) is 15.3 Å². The molecule has 10 nitrogen and oxygen atoms in total. The van der Waals surface area contributed by atoms with Crippen LogP contribution in [-0.2, 0) is 11.2 Å². The number of carbonyl (C=O) groups is 3. The molecule has 0 aliphatic carbocycles. The van der Waals surface area contributed by atoms with Gasteiger partial charge in [0, 0.05) is 24.5 Å². The van der Waals surface area contributed by atoms with E-state index in [4.69, 9.17) is 0 Å². The summed E-state index contributed by atoms with van der Waals surface area (Å²) >= 11 is 0. The van der Waals surface area contributed by atoms with Gasteiger partial charge in [-0.05, 0) is 17.7 Å². The quantitative estimate of drug-likeness (QED) is 0.458. The van der Waals surface area contributed by atoms with Gasteiger partial charge >= 0.3 is 6.03 Å². The Bertz CT molecular complexity index is 1220. The van der Waals surface area contributed by atoms with Crippen LogP contribution in [0.5, 0.6) is 0 Å². The van der Waals surface area contributed by atoms with E-state index in [1.165, 1.54) is 4.90 Å². The van der Waals surface area contributed by atoms with Crippen LogP contribution in [0.3, 0.4) is 0 Å². The second kappa shape index (κ2) is 7.66. The van der Waals surface area contributed by atoms with Crippen molar-refractivity contribution < 1.29 is 14.4 Å². The third-order valence-electron chi connectivity index (χ3n) is 4.91. The summed E-state index contributed by atoms with van der Waals surface area (Å²) in [6, 6.07) is 12.4. The van der Waals surface area contributed by atoms with E-state index in [1.54, 1.807) is 31.3 Å². The molecule has 30 heavy (non-hydrogen) atoms. The first kappa shape index (κ1) is 19.1. The highest BCUT2D eigenvalue weighted by Crippen LogP contribution is 2.26. The first-order valence-electron chi connectivity index (χ1n) is 9.15. The van der Waals surface area contributed by atoms with E-state index in [0.29, 0.717) is 17.2 Å². The van der Waals surface area contributed by atoms with E-state index in [1.807, 2.05) is 24.3 Å². The number of nitrogens with zero attached hydrogens (tertiary/aromatic N) is 2. The number of nitrogens with one attached hydrogen (secondary N) is 4. The predicted molar refractivity (Wildman–Crippen MR) is 109 cm³/mol. The number of fused-ring (bicyclic) bond motifs is 2. The molecular weight excluding hydrogens is 388 g/mol. The molecule has 2 heterocycles. The molecule has 4 rings (SSSR count). The number of anilines is 1. The lowest BCUT2D eigenvalue weighted by molar-refractivity contribution is -0.120. The lowest BCUT2D eigenvalue weighted by Gasteiger charge is -2.31. The van der Waals surface area contributed by atoms with Crippen LogP contribution in [0.4, 0.5) is 10.5 Å². The molecule has 3 aromatic rings. The standard InChI is InChI=1S/C20H18N6O4/c1-26-15-9-5-2-6-11(15)10-14(19(26)29)21-20(30)25-24-18(28)16-12-7-3-4-8-13(12)17(27)23-22-16/h2-9,14H,10H2,1H3,(H,23,27)(H,24,28)(H2,21,25,30). The highest BCUT2D eigenvalue weighted by molar-refractivity contribution is 6.05. The van der Waals surface area contributed by atoms with Gasteiger partial charge in [-0.1, -0.05) is 36.4 Å². The fraction of sp³-hybridized carbons (Fsp3) is 0.150. The van der Waals surface area contributed by atoms with Gasteiger partial charge in [0.1, 0.15) is 6.04 Å². The van der Waals surface area contributed by atoms with Crippen LogP contribution in [0.1, 0.15) is 16.1 Å². The van der Waals surface area contributed by atoms with E-state index in [9.17, 15) is 19.2 Å². The van der Waals surface area contributed by atoms with Crippen LogP contribution in [-0.4, -0.2) is 41.1 Å². The zero-order chi connectivity index (χ0) is 21.3. The molecule has 152 valence electrons. The van der Waals surface area contributed by atoms with Crippen LogP contribution in [0.15, 0.2) is 53.3 Å². The molecule has 2 aromatic carbocycles. The molecule has 1 aliphatic rings. The Morgan fingerprint density at radius 3 is 2.53 bits per heavy atom. The zero-order valence-corrected chi connectivity index (χ0v) is 15.9. The molecule has 1 aliphatic heterocycles. The largest absolute Gasteiger partial charge is 0.334 e. The average molecular weight is 406 g/mol. The molecule has 4 amide bonds. The third-order valence-corrected chi connectivity index (χ3v) is 4.91. The number of urea groups is 1. The average Bonchev–Trinajstić information content (AvgIpc) is 2.76. The number of hydrogen-bond donors (Lipinski definition) is 4. The number of aromatic amines is 1. The van der Waals surface area contributed by atoms with Crippen LogP contribution >= 0.6 is 0 Å². The molecule has 0 bridgehead atoms.